The lowest BCUT2D eigenvalue weighted by Gasteiger charge is -2.16. The van der Waals surface area contributed by atoms with Gasteiger partial charge in [0, 0.05) is 10.4 Å². The van der Waals surface area contributed by atoms with Crippen molar-refractivity contribution in [1.29, 1.82) is 21.0 Å². The highest BCUT2D eigenvalue weighted by atomic mass is 14.3. The molecule has 0 fully saturated rings. The van der Waals surface area contributed by atoms with E-state index in [4.69, 9.17) is 0 Å². The van der Waals surface area contributed by atoms with Crippen molar-refractivity contribution in [2.45, 2.75) is 55.4 Å². The van der Waals surface area contributed by atoms with Crippen LogP contribution in [-0.2, 0) is 0 Å². The molecule has 0 radical (unpaired) electrons. The maximum Gasteiger partial charge on any atom is 0.137 e. The minimum atomic E-state index is 0.126. The molecule has 0 N–H and O–H groups in total. The lowest BCUT2D eigenvalue weighted by molar-refractivity contribution is 1.11. The molecule has 0 unspecified atom stereocenters. The van der Waals surface area contributed by atoms with Crippen LogP contribution in [0.15, 0.2) is 0 Å². The van der Waals surface area contributed by atoms with Gasteiger partial charge < -0.3 is 0 Å². The first kappa shape index (κ1) is 22.4. The van der Waals surface area contributed by atoms with Gasteiger partial charge in [0.2, 0.25) is 0 Å². The fraction of sp³-hybridized carbons (Fsp3) is 0.308. The highest BCUT2D eigenvalue weighted by molar-refractivity contribution is 5.75. The first-order valence-corrected chi connectivity index (χ1v) is 9.64. The number of rotatable bonds is 0. The van der Waals surface area contributed by atoms with E-state index >= 15 is 0 Å². The Morgan fingerprint density at radius 2 is 0.600 bits per heavy atom. The van der Waals surface area contributed by atoms with Crippen LogP contribution in [-0.4, -0.2) is 0 Å². The number of nitrogens with zero attached hydrogens (tertiary/aromatic N) is 4. The van der Waals surface area contributed by atoms with Crippen molar-refractivity contribution in [3.05, 3.63) is 65.4 Å². The third kappa shape index (κ3) is 3.14. The Morgan fingerprint density at radius 1 is 0.400 bits per heavy atom. The van der Waals surface area contributed by atoms with Crippen molar-refractivity contribution in [2.75, 3.05) is 0 Å². The van der Waals surface area contributed by atoms with Crippen LogP contribution in [0.1, 0.15) is 44.5 Å². The summed E-state index contributed by atoms with van der Waals surface area (Å²) in [4.78, 5) is 0. The molecule has 0 atom stereocenters. The van der Waals surface area contributed by atoms with Crippen LogP contribution >= 0.6 is 0 Å². The lowest BCUT2D eigenvalue weighted by Crippen LogP contribution is -2.20. The number of hydrogen-bond donors (Lipinski definition) is 0. The third-order valence-electron chi connectivity index (χ3n) is 6.45. The summed E-state index contributed by atoms with van der Waals surface area (Å²) >= 11 is 0. The van der Waals surface area contributed by atoms with Crippen molar-refractivity contribution in [2.24, 2.45) is 0 Å². The van der Waals surface area contributed by atoms with Gasteiger partial charge in [-0.25, -0.2) is 0 Å². The van der Waals surface area contributed by atoms with Crippen LogP contribution in [0.4, 0.5) is 0 Å². The Bertz CT molecular complexity index is 1280. The van der Waals surface area contributed by atoms with Gasteiger partial charge in [0.05, 0.1) is 0 Å². The smallest absolute Gasteiger partial charge is 0.137 e. The summed E-state index contributed by atoms with van der Waals surface area (Å²) in [5.74, 6) is 0. The molecule has 2 aromatic carbocycles. The zero-order chi connectivity index (χ0) is 22.9. The zero-order valence-electron chi connectivity index (χ0n) is 18.8. The monoisotopic (exact) mass is 392 g/mol. The Morgan fingerprint density at radius 3 is 0.767 bits per heavy atom. The molecule has 0 saturated heterocycles. The van der Waals surface area contributed by atoms with Gasteiger partial charge in [0.25, 0.3) is 0 Å². The second-order valence-electron chi connectivity index (χ2n) is 7.70. The summed E-state index contributed by atoms with van der Waals surface area (Å²) in [6, 6.07) is 8.11. The van der Waals surface area contributed by atoms with Crippen LogP contribution < -0.4 is 10.4 Å². The minimum Gasteiger partial charge on any atom is -0.192 e. The summed E-state index contributed by atoms with van der Waals surface area (Å²) in [5.41, 5.74) is 8.05. The molecule has 4 heteroatoms. The molecule has 2 rings (SSSR count). The summed E-state index contributed by atoms with van der Waals surface area (Å²) in [7, 11) is 0. The van der Waals surface area contributed by atoms with Crippen LogP contribution in [0.25, 0.3) is 11.1 Å². The predicted octanol–water partition coefficient (Wildman–Crippen LogP) is 3.84. The quantitative estimate of drug-likeness (QED) is 0.680. The molecule has 0 amide bonds. The molecule has 0 bridgehead atoms. The van der Waals surface area contributed by atoms with Crippen LogP contribution in [0.3, 0.4) is 0 Å². The molecule has 0 heterocycles. The van der Waals surface area contributed by atoms with E-state index in [1.807, 2.05) is 79.7 Å². The van der Waals surface area contributed by atoms with Gasteiger partial charge in [0.15, 0.2) is 0 Å². The Kier molecular flexibility index (Phi) is 6.17. The van der Waals surface area contributed by atoms with Crippen LogP contribution in [0.2, 0.25) is 0 Å². The van der Waals surface area contributed by atoms with E-state index in [0.717, 1.165) is 54.9 Å². The molecule has 0 saturated carbocycles. The second-order valence-corrected chi connectivity index (χ2v) is 7.70. The van der Waals surface area contributed by atoms with E-state index in [-0.39, 0.29) is 11.1 Å². The first-order valence-electron chi connectivity index (χ1n) is 9.64. The number of hydrogen-bond acceptors (Lipinski definition) is 4. The minimum absolute atomic E-state index is 0.126. The molecule has 148 valence electrons. The second kappa shape index (κ2) is 8.25. The molecular weight excluding hydrogens is 368 g/mol. The molecule has 4 nitrogen and oxygen atoms in total. The normalized spacial score (nSPS) is 9.87. The van der Waals surface area contributed by atoms with Crippen molar-refractivity contribution in [1.82, 2.24) is 0 Å². The van der Waals surface area contributed by atoms with Gasteiger partial charge in [-0.1, -0.05) is 0 Å². The summed E-state index contributed by atoms with van der Waals surface area (Å²) in [6.07, 6.45) is 0. The van der Waals surface area contributed by atoms with Gasteiger partial charge in [0.1, 0.15) is 35.4 Å². The summed E-state index contributed by atoms with van der Waals surface area (Å²) in [5, 5.41) is 41.3. The highest BCUT2D eigenvalue weighted by Crippen LogP contribution is 2.21. The van der Waals surface area contributed by atoms with E-state index in [1.165, 1.54) is 0 Å². The van der Waals surface area contributed by atoms with E-state index < -0.39 is 0 Å². The Labute approximate surface area is 177 Å². The van der Waals surface area contributed by atoms with Gasteiger partial charge in [-0.15, -0.1) is 0 Å². The molecule has 30 heavy (non-hydrogen) atoms. The molecule has 0 aliphatic carbocycles. The highest BCUT2D eigenvalue weighted by Gasteiger charge is 2.15. The van der Waals surface area contributed by atoms with E-state index in [1.54, 1.807) is 0 Å². The topological polar surface area (TPSA) is 95.2 Å². The largest absolute Gasteiger partial charge is 0.192 e. The molecular formula is C26H24N4. The molecule has 0 aliphatic rings. The Balaban J connectivity index is 3.51. The summed E-state index contributed by atoms with van der Waals surface area (Å²) < 4.78 is 0. The van der Waals surface area contributed by atoms with Gasteiger partial charge in [-0.2, -0.15) is 21.0 Å². The third-order valence-corrected chi connectivity index (χ3v) is 6.45. The van der Waals surface area contributed by atoms with Crippen LogP contribution in [0, 0.1) is 111 Å². The fourth-order valence-corrected chi connectivity index (χ4v) is 4.40. The van der Waals surface area contributed by atoms with Crippen molar-refractivity contribution in [3.8, 4) is 24.3 Å². The van der Waals surface area contributed by atoms with Crippen molar-refractivity contribution < 1.29 is 0 Å². The molecule has 0 aromatic heterocycles. The number of nitriles is 4. The van der Waals surface area contributed by atoms with Crippen molar-refractivity contribution in [3.63, 3.8) is 0 Å². The van der Waals surface area contributed by atoms with Crippen LogP contribution in [0.5, 0.6) is 0 Å². The fourth-order valence-electron chi connectivity index (χ4n) is 4.40. The van der Waals surface area contributed by atoms with Crippen molar-refractivity contribution >= 4 is 11.1 Å². The van der Waals surface area contributed by atoms with Gasteiger partial charge in [-0.05, 0) is 110 Å². The number of benzene rings is 2. The average molecular weight is 393 g/mol. The van der Waals surface area contributed by atoms with E-state index in [2.05, 4.69) is 0 Å². The summed E-state index contributed by atoms with van der Waals surface area (Å²) in [6.45, 7) is 15.9. The van der Waals surface area contributed by atoms with Gasteiger partial charge in [-0.3, -0.25) is 0 Å². The average Bonchev–Trinajstić information content (AvgIpc) is 2.73. The lowest BCUT2D eigenvalue weighted by atomic mass is 9.87. The van der Waals surface area contributed by atoms with E-state index in [0.29, 0.717) is 10.4 Å². The SMILES string of the molecule is Cc1c(C)c(=c2c(C)c(C)c(=C(C#N)C#N)c(C)c2C)c(C)c(C)c1=C(C#N)C#N. The maximum absolute atomic E-state index is 9.42. The molecule has 2 aromatic rings. The maximum atomic E-state index is 9.42. The van der Waals surface area contributed by atoms with Gasteiger partial charge >= 0.3 is 0 Å². The first-order chi connectivity index (χ1) is 14.1. The molecule has 0 aliphatic heterocycles. The molecule has 0 spiro atoms. The predicted molar refractivity (Wildman–Crippen MR) is 117 cm³/mol. The zero-order valence-corrected chi connectivity index (χ0v) is 18.8. The Hall–Kier alpha value is -3.86. The standard InChI is InChI=1S/C26H24N4/c1-13-17(5)25(18(6)14(2)23(13)21(9-27)10-28)26-19(7)15(3)24(16(4)20(26)8)22(11-29)12-30/h1-8H3. The van der Waals surface area contributed by atoms with E-state index in [9.17, 15) is 21.0 Å².